The highest BCUT2D eigenvalue weighted by Gasteiger charge is 2.19. The summed E-state index contributed by atoms with van der Waals surface area (Å²) in [6.45, 7) is 0. The molecule has 0 aliphatic carbocycles. The van der Waals surface area contributed by atoms with Crippen molar-refractivity contribution >= 4 is 22.6 Å². The van der Waals surface area contributed by atoms with Crippen LogP contribution in [0.15, 0.2) is 27.4 Å². The number of nitrogen functional groups attached to an aromatic ring is 1. The van der Waals surface area contributed by atoms with Crippen molar-refractivity contribution in [2.75, 3.05) is 12.8 Å². The number of rotatable bonds is 1. The number of phenolic OH excluding ortho intramolecular Hbond substituents is 1. The normalized spacial score (nSPS) is 10.4. The Labute approximate surface area is 95.2 Å². The summed E-state index contributed by atoms with van der Waals surface area (Å²) in [5.41, 5.74) is 4.39. The molecule has 88 valence electrons. The van der Waals surface area contributed by atoms with Crippen molar-refractivity contribution in [3.8, 4) is 5.75 Å². The summed E-state index contributed by atoms with van der Waals surface area (Å²) in [4.78, 5) is 22.9. The SMILES string of the molecule is COC(=O)c1c(N)c(=O)oc2ccc(O)cc12. The van der Waals surface area contributed by atoms with Gasteiger partial charge in [-0.15, -0.1) is 0 Å². The Balaban J connectivity index is 2.94. The Morgan fingerprint density at radius 1 is 1.47 bits per heavy atom. The molecule has 3 N–H and O–H groups in total. The highest BCUT2D eigenvalue weighted by atomic mass is 16.5. The number of esters is 1. The van der Waals surface area contributed by atoms with Gasteiger partial charge in [-0.3, -0.25) is 0 Å². The number of anilines is 1. The average molecular weight is 235 g/mol. The lowest BCUT2D eigenvalue weighted by Gasteiger charge is -2.06. The van der Waals surface area contributed by atoms with Crippen LogP contribution in [0.5, 0.6) is 5.75 Å². The zero-order valence-electron chi connectivity index (χ0n) is 8.89. The fourth-order valence-electron chi connectivity index (χ4n) is 1.53. The number of phenols is 1. The Hall–Kier alpha value is -2.50. The zero-order chi connectivity index (χ0) is 12.6. The molecular weight excluding hydrogens is 226 g/mol. The second kappa shape index (κ2) is 3.82. The predicted octanol–water partition coefficient (Wildman–Crippen LogP) is 0.867. The van der Waals surface area contributed by atoms with Crippen LogP contribution in [0.4, 0.5) is 5.69 Å². The number of carbonyl (C=O) groups excluding carboxylic acids is 1. The van der Waals surface area contributed by atoms with Gasteiger partial charge in [0.05, 0.1) is 7.11 Å². The maximum Gasteiger partial charge on any atom is 0.360 e. The number of fused-ring (bicyclic) bond motifs is 1. The van der Waals surface area contributed by atoms with E-state index in [1.165, 1.54) is 25.3 Å². The molecule has 0 amide bonds. The van der Waals surface area contributed by atoms with Gasteiger partial charge in [-0.2, -0.15) is 0 Å². The summed E-state index contributed by atoms with van der Waals surface area (Å²) in [6.07, 6.45) is 0. The van der Waals surface area contributed by atoms with Crippen LogP contribution in [0.1, 0.15) is 10.4 Å². The van der Waals surface area contributed by atoms with Gasteiger partial charge >= 0.3 is 11.6 Å². The van der Waals surface area contributed by atoms with E-state index in [1.807, 2.05) is 0 Å². The Morgan fingerprint density at radius 3 is 2.82 bits per heavy atom. The fraction of sp³-hybridized carbons (Fsp3) is 0.0909. The molecule has 0 spiro atoms. The number of carbonyl (C=O) groups is 1. The summed E-state index contributed by atoms with van der Waals surface area (Å²) >= 11 is 0. The lowest BCUT2D eigenvalue weighted by Crippen LogP contribution is -2.15. The van der Waals surface area contributed by atoms with Gasteiger partial charge in [0.15, 0.2) is 0 Å². The van der Waals surface area contributed by atoms with Crippen molar-refractivity contribution in [1.29, 1.82) is 0 Å². The molecule has 0 aliphatic rings. The van der Waals surface area contributed by atoms with E-state index < -0.39 is 11.6 Å². The van der Waals surface area contributed by atoms with Gasteiger partial charge in [-0.05, 0) is 18.2 Å². The van der Waals surface area contributed by atoms with Gasteiger partial charge in [0.25, 0.3) is 0 Å². The Bertz CT molecular complexity index is 659. The number of benzene rings is 1. The van der Waals surface area contributed by atoms with Crippen LogP contribution in [0.3, 0.4) is 0 Å². The van der Waals surface area contributed by atoms with Gasteiger partial charge < -0.3 is 20.0 Å². The van der Waals surface area contributed by atoms with E-state index in [0.29, 0.717) is 0 Å². The maximum atomic E-state index is 11.5. The summed E-state index contributed by atoms with van der Waals surface area (Å²) in [5, 5.41) is 9.59. The molecular formula is C11H9NO5. The molecule has 1 aromatic carbocycles. The largest absolute Gasteiger partial charge is 0.508 e. The van der Waals surface area contributed by atoms with Gasteiger partial charge in [0.1, 0.15) is 22.6 Å². The summed E-state index contributed by atoms with van der Waals surface area (Å²) in [5.74, 6) is -0.832. The van der Waals surface area contributed by atoms with Crippen molar-refractivity contribution in [1.82, 2.24) is 0 Å². The van der Waals surface area contributed by atoms with E-state index in [0.717, 1.165) is 0 Å². The molecule has 0 fully saturated rings. The molecule has 0 saturated carbocycles. The Morgan fingerprint density at radius 2 is 2.18 bits per heavy atom. The highest BCUT2D eigenvalue weighted by Crippen LogP contribution is 2.25. The molecule has 2 aromatic rings. The molecule has 0 aliphatic heterocycles. The third kappa shape index (κ3) is 1.69. The van der Waals surface area contributed by atoms with E-state index in [9.17, 15) is 14.7 Å². The van der Waals surface area contributed by atoms with Gasteiger partial charge in [0.2, 0.25) is 0 Å². The number of hydrogen-bond acceptors (Lipinski definition) is 6. The quantitative estimate of drug-likeness (QED) is 0.561. The topological polar surface area (TPSA) is 103 Å². The standard InChI is InChI=1S/C11H9NO5/c1-16-10(14)8-6-4-5(13)2-3-7(6)17-11(15)9(8)12/h2-4,13H,12H2,1H3. The van der Waals surface area contributed by atoms with Crippen molar-refractivity contribution in [3.05, 3.63) is 34.2 Å². The highest BCUT2D eigenvalue weighted by molar-refractivity contribution is 6.07. The monoisotopic (exact) mass is 235 g/mol. The predicted molar refractivity (Wildman–Crippen MR) is 59.9 cm³/mol. The summed E-state index contributed by atoms with van der Waals surface area (Å²) < 4.78 is 9.42. The zero-order valence-corrected chi connectivity index (χ0v) is 8.89. The lowest BCUT2D eigenvalue weighted by molar-refractivity contribution is 0.0603. The number of aromatic hydroxyl groups is 1. The lowest BCUT2D eigenvalue weighted by atomic mass is 10.1. The first kappa shape index (κ1) is 11.0. The number of ether oxygens (including phenoxy) is 1. The minimum Gasteiger partial charge on any atom is -0.508 e. The first-order chi connectivity index (χ1) is 8.04. The van der Waals surface area contributed by atoms with E-state index in [1.54, 1.807) is 0 Å². The molecule has 0 bridgehead atoms. The second-order valence-corrected chi connectivity index (χ2v) is 3.35. The molecule has 1 heterocycles. The number of hydrogen-bond donors (Lipinski definition) is 2. The smallest absolute Gasteiger partial charge is 0.360 e. The summed E-state index contributed by atoms with van der Waals surface area (Å²) in [6, 6.07) is 3.99. The number of nitrogens with two attached hydrogens (primary N) is 1. The van der Waals surface area contributed by atoms with Crippen molar-refractivity contribution in [2.45, 2.75) is 0 Å². The minimum atomic E-state index is -0.816. The first-order valence-electron chi connectivity index (χ1n) is 4.68. The number of methoxy groups -OCH3 is 1. The van der Waals surface area contributed by atoms with E-state index in [2.05, 4.69) is 4.74 Å². The fourth-order valence-corrected chi connectivity index (χ4v) is 1.53. The molecule has 0 unspecified atom stereocenters. The maximum absolute atomic E-state index is 11.5. The van der Waals surface area contributed by atoms with Gasteiger partial charge in [-0.25, -0.2) is 9.59 Å². The van der Waals surface area contributed by atoms with Gasteiger partial charge in [0, 0.05) is 5.39 Å². The van der Waals surface area contributed by atoms with Crippen LogP contribution >= 0.6 is 0 Å². The van der Waals surface area contributed by atoms with Crippen molar-refractivity contribution < 1.29 is 19.1 Å². The van der Waals surface area contributed by atoms with Crippen LogP contribution in [0, 0.1) is 0 Å². The molecule has 0 saturated heterocycles. The molecule has 0 atom stereocenters. The van der Waals surface area contributed by atoms with Crippen molar-refractivity contribution in [3.63, 3.8) is 0 Å². The van der Waals surface area contributed by atoms with Crippen LogP contribution < -0.4 is 11.4 Å². The second-order valence-electron chi connectivity index (χ2n) is 3.35. The third-order valence-electron chi connectivity index (χ3n) is 2.31. The molecule has 1 aromatic heterocycles. The third-order valence-corrected chi connectivity index (χ3v) is 2.31. The van der Waals surface area contributed by atoms with Crippen LogP contribution in [-0.4, -0.2) is 18.2 Å². The first-order valence-corrected chi connectivity index (χ1v) is 4.68. The van der Waals surface area contributed by atoms with Crippen molar-refractivity contribution in [2.24, 2.45) is 0 Å². The van der Waals surface area contributed by atoms with E-state index in [4.69, 9.17) is 10.2 Å². The molecule has 17 heavy (non-hydrogen) atoms. The van der Waals surface area contributed by atoms with Crippen LogP contribution in [0.25, 0.3) is 11.0 Å². The average Bonchev–Trinajstić information content (AvgIpc) is 2.31. The van der Waals surface area contributed by atoms with Gasteiger partial charge in [-0.1, -0.05) is 0 Å². The molecule has 2 rings (SSSR count). The Kier molecular flexibility index (Phi) is 2.47. The van der Waals surface area contributed by atoms with Crippen LogP contribution in [0.2, 0.25) is 0 Å². The van der Waals surface area contributed by atoms with E-state index in [-0.39, 0.29) is 28.0 Å². The molecule has 6 heteroatoms. The van der Waals surface area contributed by atoms with Crippen LogP contribution in [-0.2, 0) is 4.74 Å². The summed E-state index contributed by atoms with van der Waals surface area (Å²) in [7, 11) is 1.17. The minimum absolute atomic E-state index is 0.0732. The molecule has 0 radical (unpaired) electrons. The van der Waals surface area contributed by atoms with E-state index >= 15 is 0 Å². The molecule has 6 nitrogen and oxygen atoms in total.